The van der Waals surface area contributed by atoms with Gasteiger partial charge in [-0.1, -0.05) is 6.08 Å². The van der Waals surface area contributed by atoms with Crippen molar-refractivity contribution in [2.75, 3.05) is 12.8 Å². The Morgan fingerprint density at radius 1 is 1.71 bits per heavy atom. The van der Waals surface area contributed by atoms with E-state index in [0.29, 0.717) is 18.0 Å². The molecule has 4 heteroatoms. The maximum Gasteiger partial charge on any atom is 0.217 e. The fourth-order valence-corrected chi connectivity index (χ4v) is 1.23. The van der Waals surface area contributed by atoms with Gasteiger partial charge in [-0.3, -0.25) is 0 Å². The van der Waals surface area contributed by atoms with Crippen LogP contribution < -0.4 is 16.2 Å². The van der Waals surface area contributed by atoms with Gasteiger partial charge in [0.1, 0.15) is 0 Å². The van der Waals surface area contributed by atoms with Crippen molar-refractivity contribution in [3.63, 3.8) is 0 Å². The first kappa shape index (κ1) is 10.5. The molecular formula is C10H15N3O. The van der Waals surface area contributed by atoms with Gasteiger partial charge in [0.25, 0.3) is 0 Å². The third-order valence-corrected chi connectivity index (χ3v) is 1.91. The number of anilines is 1. The van der Waals surface area contributed by atoms with E-state index in [0.717, 1.165) is 5.56 Å². The molecular weight excluding hydrogens is 178 g/mol. The largest absolute Gasteiger partial charge is 0.481 e. The van der Waals surface area contributed by atoms with E-state index in [4.69, 9.17) is 16.2 Å². The van der Waals surface area contributed by atoms with Crippen molar-refractivity contribution in [3.05, 3.63) is 30.5 Å². The van der Waals surface area contributed by atoms with Crippen LogP contribution in [0, 0.1) is 0 Å². The standard InChI is InChI=1S/C10H15N3O/c1-3-4-9(12)8-5-7(11)6-13-10(8)14-2/h3,5-6,9H,1,4,11-12H2,2H3/t9-/m0/s1. The summed E-state index contributed by atoms with van der Waals surface area (Å²) in [6.45, 7) is 3.63. The van der Waals surface area contributed by atoms with Crippen LogP contribution in [0.5, 0.6) is 5.88 Å². The first-order chi connectivity index (χ1) is 6.69. The summed E-state index contributed by atoms with van der Waals surface area (Å²) in [6, 6.07) is 1.61. The molecule has 4 N–H and O–H groups in total. The molecule has 4 nitrogen and oxygen atoms in total. The third kappa shape index (κ3) is 2.23. The molecule has 0 aromatic carbocycles. The van der Waals surface area contributed by atoms with Crippen molar-refractivity contribution in [2.24, 2.45) is 5.73 Å². The number of hydrogen-bond donors (Lipinski definition) is 2. The highest BCUT2D eigenvalue weighted by Crippen LogP contribution is 2.25. The van der Waals surface area contributed by atoms with Crippen LogP contribution in [-0.2, 0) is 0 Å². The number of nitrogens with two attached hydrogens (primary N) is 2. The van der Waals surface area contributed by atoms with Gasteiger partial charge in [0.05, 0.1) is 19.0 Å². The molecule has 1 aromatic heterocycles. The summed E-state index contributed by atoms with van der Waals surface area (Å²) in [4.78, 5) is 4.04. The van der Waals surface area contributed by atoms with Crippen molar-refractivity contribution < 1.29 is 4.74 Å². The van der Waals surface area contributed by atoms with Crippen LogP contribution in [0.15, 0.2) is 24.9 Å². The highest BCUT2D eigenvalue weighted by Gasteiger charge is 2.11. The summed E-state index contributed by atoms with van der Waals surface area (Å²) in [5, 5.41) is 0. The number of pyridine rings is 1. The molecule has 0 aliphatic carbocycles. The monoisotopic (exact) mass is 193 g/mol. The first-order valence-electron chi connectivity index (χ1n) is 4.35. The summed E-state index contributed by atoms with van der Waals surface area (Å²) in [5.41, 5.74) is 12.9. The van der Waals surface area contributed by atoms with Crippen LogP contribution in [0.2, 0.25) is 0 Å². The molecule has 0 saturated carbocycles. The zero-order chi connectivity index (χ0) is 10.6. The average molecular weight is 193 g/mol. The normalized spacial score (nSPS) is 12.1. The Kier molecular flexibility index (Phi) is 3.48. The second-order valence-electron chi connectivity index (χ2n) is 3.00. The van der Waals surface area contributed by atoms with Crippen LogP contribution >= 0.6 is 0 Å². The molecule has 76 valence electrons. The Hall–Kier alpha value is -1.55. The molecule has 0 aliphatic rings. The van der Waals surface area contributed by atoms with Crippen LogP contribution in [-0.4, -0.2) is 12.1 Å². The molecule has 1 rings (SSSR count). The molecule has 0 saturated heterocycles. The minimum absolute atomic E-state index is 0.168. The van der Waals surface area contributed by atoms with E-state index in [2.05, 4.69) is 11.6 Å². The van der Waals surface area contributed by atoms with E-state index in [1.165, 1.54) is 0 Å². The predicted octanol–water partition coefficient (Wildman–Crippen LogP) is 1.25. The Bertz CT molecular complexity index is 325. The smallest absolute Gasteiger partial charge is 0.217 e. The first-order valence-corrected chi connectivity index (χ1v) is 4.35. The number of hydrogen-bond acceptors (Lipinski definition) is 4. The lowest BCUT2D eigenvalue weighted by Gasteiger charge is -2.13. The summed E-state index contributed by atoms with van der Waals surface area (Å²) >= 11 is 0. The number of nitrogen functional groups attached to an aromatic ring is 1. The van der Waals surface area contributed by atoms with Crippen LogP contribution in [0.3, 0.4) is 0 Å². The zero-order valence-corrected chi connectivity index (χ0v) is 8.23. The molecule has 14 heavy (non-hydrogen) atoms. The van der Waals surface area contributed by atoms with Crippen molar-refractivity contribution in [3.8, 4) is 5.88 Å². The van der Waals surface area contributed by atoms with E-state index >= 15 is 0 Å². The molecule has 1 atom stereocenters. The minimum atomic E-state index is -0.168. The van der Waals surface area contributed by atoms with Gasteiger partial charge in [-0.05, 0) is 12.5 Å². The molecule has 0 bridgehead atoms. The lowest BCUT2D eigenvalue weighted by Crippen LogP contribution is -2.11. The van der Waals surface area contributed by atoms with E-state index in [1.807, 2.05) is 0 Å². The van der Waals surface area contributed by atoms with Gasteiger partial charge in [-0.2, -0.15) is 0 Å². The summed E-state index contributed by atoms with van der Waals surface area (Å²) in [7, 11) is 1.56. The highest BCUT2D eigenvalue weighted by molar-refractivity contribution is 5.44. The van der Waals surface area contributed by atoms with E-state index in [1.54, 1.807) is 25.4 Å². The van der Waals surface area contributed by atoms with Crippen molar-refractivity contribution in [1.29, 1.82) is 0 Å². The lowest BCUT2D eigenvalue weighted by atomic mass is 10.1. The van der Waals surface area contributed by atoms with Gasteiger partial charge in [0.15, 0.2) is 0 Å². The van der Waals surface area contributed by atoms with Crippen LogP contribution in [0.4, 0.5) is 5.69 Å². The second kappa shape index (κ2) is 4.62. The summed E-state index contributed by atoms with van der Waals surface area (Å²) < 4.78 is 5.09. The van der Waals surface area contributed by atoms with Gasteiger partial charge in [-0.25, -0.2) is 4.98 Å². The number of aromatic nitrogens is 1. The predicted molar refractivity (Wildman–Crippen MR) is 56.9 cm³/mol. The summed E-state index contributed by atoms with van der Waals surface area (Å²) in [6.07, 6.45) is 3.97. The molecule has 1 heterocycles. The molecule has 0 radical (unpaired) electrons. The number of methoxy groups -OCH3 is 1. The molecule has 0 spiro atoms. The molecule has 0 fully saturated rings. The van der Waals surface area contributed by atoms with Crippen molar-refractivity contribution in [1.82, 2.24) is 4.98 Å². The van der Waals surface area contributed by atoms with Crippen molar-refractivity contribution >= 4 is 5.69 Å². The molecule has 1 aromatic rings. The van der Waals surface area contributed by atoms with Crippen LogP contribution in [0.25, 0.3) is 0 Å². The lowest BCUT2D eigenvalue weighted by molar-refractivity contribution is 0.389. The van der Waals surface area contributed by atoms with E-state index < -0.39 is 0 Å². The van der Waals surface area contributed by atoms with E-state index in [9.17, 15) is 0 Å². The topological polar surface area (TPSA) is 74.2 Å². The fourth-order valence-electron chi connectivity index (χ4n) is 1.23. The number of rotatable bonds is 4. The van der Waals surface area contributed by atoms with Gasteiger partial charge in [0, 0.05) is 11.6 Å². The maximum absolute atomic E-state index is 5.90. The highest BCUT2D eigenvalue weighted by atomic mass is 16.5. The Morgan fingerprint density at radius 2 is 2.43 bits per heavy atom. The Labute approximate surface area is 83.6 Å². The van der Waals surface area contributed by atoms with E-state index in [-0.39, 0.29) is 6.04 Å². The van der Waals surface area contributed by atoms with Crippen molar-refractivity contribution in [2.45, 2.75) is 12.5 Å². The SMILES string of the molecule is C=CC[C@H](N)c1cc(N)cnc1OC. The third-order valence-electron chi connectivity index (χ3n) is 1.91. The quantitative estimate of drug-likeness (QED) is 0.706. The molecule has 0 aliphatic heterocycles. The maximum atomic E-state index is 5.90. The van der Waals surface area contributed by atoms with Gasteiger partial charge in [0.2, 0.25) is 5.88 Å². The Morgan fingerprint density at radius 3 is 3.00 bits per heavy atom. The summed E-state index contributed by atoms with van der Waals surface area (Å²) in [5.74, 6) is 0.522. The van der Waals surface area contributed by atoms with Gasteiger partial charge < -0.3 is 16.2 Å². The molecule has 0 amide bonds. The van der Waals surface area contributed by atoms with Crippen LogP contribution in [0.1, 0.15) is 18.0 Å². The minimum Gasteiger partial charge on any atom is -0.481 e. The second-order valence-corrected chi connectivity index (χ2v) is 3.00. The number of nitrogens with zero attached hydrogens (tertiary/aromatic N) is 1. The average Bonchev–Trinajstić information content (AvgIpc) is 2.18. The zero-order valence-electron chi connectivity index (χ0n) is 8.23. The fraction of sp³-hybridized carbons (Fsp3) is 0.300. The Balaban J connectivity index is 3.02. The molecule has 0 unspecified atom stereocenters. The van der Waals surface area contributed by atoms with Gasteiger partial charge >= 0.3 is 0 Å². The van der Waals surface area contributed by atoms with Gasteiger partial charge in [-0.15, -0.1) is 6.58 Å². The number of ether oxygens (including phenoxy) is 1.